The fourth-order valence-corrected chi connectivity index (χ4v) is 3.63. The summed E-state index contributed by atoms with van der Waals surface area (Å²) in [6.07, 6.45) is 1.44. The molecule has 0 aliphatic carbocycles. The van der Waals surface area contributed by atoms with Crippen LogP contribution in [0.25, 0.3) is 21.3 Å². The first-order valence-corrected chi connectivity index (χ1v) is 9.84. The van der Waals surface area contributed by atoms with Gasteiger partial charge in [-0.15, -0.1) is 11.3 Å². The van der Waals surface area contributed by atoms with E-state index in [2.05, 4.69) is 10.3 Å². The molecule has 27 heavy (non-hydrogen) atoms. The summed E-state index contributed by atoms with van der Waals surface area (Å²) in [6.45, 7) is 7.13. The molecule has 2 heterocycles. The summed E-state index contributed by atoms with van der Waals surface area (Å²) in [6, 6.07) is 7.63. The van der Waals surface area contributed by atoms with Crippen molar-refractivity contribution in [3.8, 4) is 16.9 Å². The van der Waals surface area contributed by atoms with Crippen LogP contribution >= 0.6 is 11.3 Å². The molecule has 0 radical (unpaired) electrons. The van der Waals surface area contributed by atoms with E-state index in [0.717, 1.165) is 16.9 Å². The normalized spacial score (nSPS) is 11.1. The van der Waals surface area contributed by atoms with Gasteiger partial charge in [-0.3, -0.25) is 14.2 Å². The Morgan fingerprint density at radius 2 is 2.04 bits per heavy atom. The van der Waals surface area contributed by atoms with Gasteiger partial charge in [0.2, 0.25) is 5.91 Å². The molecule has 0 atom stereocenters. The number of hydrogen-bond donors (Lipinski definition) is 1. The second-order valence-corrected chi connectivity index (χ2v) is 7.52. The predicted octanol–water partition coefficient (Wildman–Crippen LogP) is 3.30. The Balaban J connectivity index is 1.92. The molecule has 0 spiro atoms. The molecule has 1 N–H and O–H groups in total. The van der Waals surface area contributed by atoms with E-state index in [4.69, 9.17) is 4.74 Å². The summed E-state index contributed by atoms with van der Waals surface area (Å²) in [5, 5.41) is 5.30. The summed E-state index contributed by atoms with van der Waals surface area (Å²) in [5.41, 5.74) is 1.54. The molecule has 2 aromatic heterocycles. The Labute approximate surface area is 161 Å². The zero-order valence-electron chi connectivity index (χ0n) is 15.7. The van der Waals surface area contributed by atoms with Crippen LogP contribution < -0.4 is 15.6 Å². The van der Waals surface area contributed by atoms with E-state index in [1.165, 1.54) is 22.2 Å². The van der Waals surface area contributed by atoms with Crippen molar-refractivity contribution in [2.75, 3.05) is 13.2 Å². The van der Waals surface area contributed by atoms with Gasteiger partial charge in [0.1, 0.15) is 17.1 Å². The Kier molecular flexibility index (Phi) is 5.91. The molecule has 0 unspecified atom stereocenters. The lowest BCUT2D eigenvalue weighted by Crippen LogP contribution is -2.34. The average Bonchev–Trinajstić information content (AvgIpc) is 3.08. The number of hydrogen-bond acceptors (Lipinski definition) is 5. The number of aromatic nitrogens is 2. The number of fused-ring (bicyclic) bond motifs is 1. The molecule has 7 heteroatoms. The zero-order chi connectivity index (χ0) is 19.4. The van der Waals surface area contributed by atoms with Gasteiger partial charge in [-0.1, -0.05) is 26.0 Å². The minimum Gasteiger partial charge on any atom is -0.494 e. The molecule has 0 bridgehead atoms. The van der Waals surface area contributed by atoms with Gasteiger partial charge in [-0.2, -0.15) is 0 Å². The van der Waals surface area contributed by atoms with Crippen molar-refractivity contribution in [3.05, 3.63) is 46.3 Å². The van der Waals surface area contributed by atoms with E-state index in [9.17, 15) is 9.59 Å². The van der Waals surface area contributed by atoms with Gasteiger partial charge >= 0.3 is 0 Å². The molecule has 142 valence electrons. The fraction of sp³-hybridized carbons (Fsp3) is 0.350. The molecule has 1 aromatic carbocycles. The number of carbonyl (C=O) groups excluding carboxylic acids is 1. The molecule has 1 amide bonds. The van der Waals surface area contributed by atoms with Gasteiger partial charge in [-0.05, 0) is 30.5 Å². The topological polar surface area (TPSA) is 73.2 Å². The Bertz CT molecular complexity index is 990. The van der Waals surface area contributed by atoms with Gasteiger partial charge < -0.3 is 10.1 Å². The number of nitrogens with one attached hydrogen (secondary N) is 1. The van der Waals surface area contributed by atoms with Gasteiger partial charge in [0.05, 0.1) is 18.3 Å². The third kappa shape index (κ3) is 4.36. The summed E-state index contributed by atoms with van der Waals surface area (Å²) in [4.78, 5) is 30.1. The van der Waals surface area contributed by atoms with Gasteiger partial charge in [0.15, 0.2) is 0 Å². The SMILES string of the molecule is CCOc1ccc(-c2csc3ncn(CC(=O)NCC(C)C)c(=O)c23)cc1. The van der Waals surface area contributed by atoms with E-state index in [-0.39, 0.29) is 18.0 Å². The highest BCUT2D eigenvalue weighted by Crippen LogP contribution is 2.31. The van der Waals surface area contributed by atoms with Crippen molar-refractivity contribution >= 4 is 27.5 Å². The molecule has 0 saturated carbocycles. The smallest absolute Gasteiger partial charge is 0.263 e. The first-order chi connectivity index (χ1) is 13.0. The highest BCUT2D eigenvalue weighted by atomic mass is 32.1. The second-order valence-electron chi connectivity index (χ2n) is 6.66. The molecule has 0 saturated heterocycles. The van der Waals surface area contributed by atoms with Gasteiger partial charge in [-0.25, -0.2) is 4.98 Å². The number of nitrogens with zero attached hydrogens (tertiary/aromatic N) is 2. The van der Waals surface area contributed by atoms with Crippen molar-refractivity contribution in [1.82, 2.24) is 14.9 Å². The van der Waals surface area contributed by atoms with Crippen LogP contribution in [0.2, 0.25) is 0 Å². The van der Waals surface area contributed by atoms with Crippen LogP contribution in [0.4, 0.5) is 0 Å². The Morgan fingerprint density at radius 3 is 2.70 bits per heavy atom. The van der Waals surface area contributed by atoms with Crippen LogP contribution in [-0.4, -0.2) is 28.6 Å². The molecular formula is C20H23N3O3S. The molecular weight excluding hydrogens is 362 g/mol. The van der Waals surface area contributed by atoms with Crippen LogP contribution in [0.15, 0.2) is 40.8 Å². The van der Waals surface area contributed by atoms with Crippen LogP contribution in [0.3, 0.4) is 0 Å². The summed E-state index contributed by atoms with van der Waals surface area (Å²) in [7, 11) is 0. The number of carbonyl (C=O) groups is 1. The number of amides is 1. The van der Waals surface area contributed by atoms with E-state index < -0.39 is 0 Å². The van der Waals surface area contributed by atoms with Crippen LogP contribution in [0.5, 0.6) is 5.75 Å². The number of rotatable bonds is 7. The molecule has 0 aliphatic heterocycles. The van der Waals surface area contributed by atoms with Gasteiger partial charge in [0, 0.05) is 17.5 Å². The van der Waals surface area contributed by atoms with E-state index >= 15 is 0 Å². The van der Waals surface area contributed by atoms with Crippen LogP contribution in [0, 0.1) is 5.92 Å². The maximum absolute atomic E-state index is 13.0. The van der Waals surface area contributed by atoms with Gasteiger partial charge in [0.25, 0.3) is 5.56 Å². The summed E-state index contributed by atoms with van der Waals surface area (Å²) in [5.74, 6) is 0.956. The highest BCUT2D eigenvalue weighted by molar-refractivity contribution is 7.17. The average molecular weight is 385 g/mol. The third-order valence-corrected chi connectivity index (χ3v) is 4.94. The van der Waals surface area contributed by atoms with Crippen molar-refractivity contribution in [3.63, 3.8) is 0 Å². The quantitative estimate of drug-likeness (QED) is 0.677. The van der Waals surface area contributed by atoms with Crippen molar-refractivity contribution in [2.24, 2.45) is 5.92 Å². The van der Waals surface area contributed by atoms with Crippen LogP contribution in [-0.2, 0) is 11.3 Å². The number of benzene rings is 1. The summed E-state index contributed by atoms with van der Waals surface area (Å²) >= 11 is 1.42. The van der Waals surface area contributed by atoms with E-state index in [1.807, 2.05) is 50.4 Å². The molecule has 3 rings (SSSR count). The largest absolute Gasteiger partial charge is 0.494 e. The van der Waals surface area contributed by atoms with Crippen molar-refractivity contribution < 1.29 is 9.53 Å². The minimum atomic E-state index is -0.204. The predicted molar refractivity (Wildman–Crippen MR) is 108 cm³/mol. The van der Waals surface area contributed by atoms with Crippen LogP contribution in [0.1, 0.15) is 20.8 Å². The van der Waals surface area contributed by atoms with Crippen molar-refractivity contribution in [1.29, 1.82) is 0 Å². The second kappa shape index (κ2) is 8.35. The molecule has 3 aromatic rings. The molecule has 0 aliphatic rings. The lowest BCUT2D eigenvalue weighted by molar-refractivity contribution is -0.121. The Morgan fingerprint density at radius 1 is 1.30 bits per heavy atom. The minimum absolute atomic E-state index is 0.0347. The fourth-order valence-electron chi connectivity index (χ4n) is 2.72. The third-order valence-electron chi connectivity index (χ3n) is 4.06. The standard InChI is InChI=1S/C20H23N3O3S/c1-4-26-15-7-5-14(6-8-15)16-11-27-19-18(16)20(25)23(12-22-19)10-17(24)21-9-13(2)3/h5-8,11-13H,4,9-10H2,1-3H3,(H,21,24). The first-order valence-electron chi connectivity index (χ1n) is 8.96. The molecule has 6 nitrogen and oxygen atoms in total. The first kappa shape index (κ1) is 19.1. The van der Waals surface area contributed by atoms with E-state index in [1.54, 1.807) is 0 Å². The number of thiophene rings is 1. The highest BCUT2D eigenvalue weighted by Gasteiger charge is 2.15. The Hall–Kier alpha value is -2.67. The van der Waals surface area contributed by atoms with E-state index in [0.29, 0.717) is 29.3 Å². The lowest BCUT2D eigenvalue weighted by Gasteiger charge is -2.09. The summed E-state index contributed by atoms with van der Waals surface area (Å²) < 4.78 is 6.84. The monoisotopic (exact) mass is 385 g/mol. The number of ether oxygens (including phenoxy) is 1. The zero-order valence-corrected chi connectivity index (χ0v) is 16.5. The maximum atomic E-state index is 13.0. The molecule has 0 fully saturated rings. The maximum Gasteiger partial charge on any atom is 0.263 e. The lowest BCUT2D eigenvalue weighted by atomic mass is 10.1. The van der Waals surface area contributed by atoms with Crippen molar-refractivity contribution in [2.45, 2.75) is 27.3 Å².